The van der Waals surface area contributed by atoms with Crippen LogP contribution in [0.3, 0.4) is 0 Å². The fourth-order valence-corrected chi connectivity index (χ4v) is 3.40. The second-order valence-corrected chi connectivity index (χ2v) is 6.54. The molecule has 0 aromatic heterocycles. The molecule has 0 fully saturated rings. The highest BCUT2D eigenvalue weighted by Crippen LogP contribution is 2.25. The summed E-state index contributed by atoms with van der Waals surface area (Å²) in [5, 5.41) is 4.46. The van der Waals surface area contributed by atoms with Gasteiger partial charge in [0.05, 0.1) is 6.04 Å². The summed E-state index contributed by atoms with van der Waals surface area (Å²) in [5.74, 6) is 1.79. The minimum absolute atomic E-state index is 0.400. The largest absolute Gasteiger partial charge is 0.335 e. The number of hydrogen-bond donors (Lipinski definition) is 1. The van der Waals surface area contributed by atoms with E-state index in [1.54, 1.807) is 0 Å². The van der Waals surface area contributed by atoms with Gasteiger partial charge in [-0.25, -0.2) is 0 Å². The first-order chi connectivity index (χ1) is 10.2. The Labute approximate surface area is 130 Å². The van der Waals surface area contributed by atoms with Gasteiger partial charge in [-0.2, -0.15) is 0 Å². The van der Waals surface area contributed by atoms with Crippen molar-refractivity contribution in [3.8, 4) is 11.1 Å². The maximum absolute atomic E-state index is 4.71. The summed E-state index contributed by atoms with van der Waals surface area (Å²) < 4.78 is 0. The molecule has 2 aromatic rings. The van der Waals surface area contributed by atoms with Gasteiger partial charge < -0.3 is 5.32 Å². The number of benzene rings is 2. The average molecular weight is 296 g/mol. The van der Waals surface area contributed by atoms with Gasteiger partial charge in [0.2, 0.25) is 0 Å². The minimum atomic E-state index is 0.400. The zero-order chi connectivity index (χ0) is 14.7. The van der Waals surface area contributed by atoms with Gasteiger partial charge in [0.1, 0.15) is 0 Å². The van der Waals surface area contributed by atoms with Gasteiger partial charge in [0, 0.05) is 11.4 Å². The summed E-state index contributed by atoms with van der Waals surface area (Å²) in [7, 11) is 0. The molecular weight excluding hydrogens is 276 g/mol. The van der Waals surface area contributed by atoms with Crippen molar-refractivity contribution in [1.29, 1.82) is 0 Å². The van der Waals surface area contributed by atoms with E-state index in [9.17, 15) is 0 Å². The van der Waals surface area contributed by atoms with Crippen molar-refractivity contribution in [1.82, 2.24) is 0 Å². The zero-order valence-electron chi connectivity index (χ0n) is 12.4. The summed E-state index contributed by atoms with van der Waals surface area (Å²) in [6.07, 6.45) is 0. The fraction of sp³-hybridized carbons (Fsp3) is 0.278. The predicted octanol–water partition coefficient (Wildman–Crippen LogP) is 4.89. The van der Waals surface area contributed by atoms with Crippen molar-refractivity contribution in [3.63, 3.8) is 0 Å². The molecule has 21 heavy (non-hydrogen) atoms. The molecule has 1 N–H and O–H groups in total. The van der Waals surface area contributed by atoms with Gasteiger partial charge in [-0.15, -0.1) is 0 Å². The summed E-state index contributed by atoms with van der Waals surface area (Å²) in [6, 6.07) is 19.4. The zero-order valence-corrected chi connectivity index (χ0v) is 13.2. The first kappa shape index (κ1) is 14.2. The van der Waals surface area contributed by atoms with Crippen LogP contribution in [0, 0.1) is 5.92 Å². The van der Waals surface area contributed by atoms with Crippen molar-refractivity contribution >= 4 is 22.6 Å². The Kier molecular flexibility index (Phi) is 4.30. The standard InChI is InChI=1S/C18H20N2S/c1-13-12-21-18(19-14(13)2)20-17-10-8-16(9-11-17)15-6-4-3-5-7-15/h3-11,13-14H,12H2,1-2H3,(H,19,20). The molecule has 0 radical (unpaired) electrons. The van der Waals surface area contributed by atoms with E-state index < -0.39 is 0 Å². The molecule has 0 amide bonds. The van der Waals surface area contributed by atoms with E-state index in [-0.39, 0.29) is 0 Å². The molecule has 2 aromatic carbocycles. The number of nitrogens with one attached hydrogen (secondary N) is 1. The Bertz CT molecular complexity index is 619. The molecule has 3 rings (SSSR count). The number of thioether (sulfide) groups is 1. The van der Waals surface area contributed by atoms with E-state index in [0.29, 0.717) is 12.0 Å². The highest BCUT2D eigenvalue weighted by molar-refractivity contribution is 8.14. The van der Waals surface area contributed by atoms with E-state index >= 15 is 0 Å². The van der Waals surface area contributed by atoms with Crippen LogP contribution in [0.25, 0.3) is 11.1 Å². The summed E-state index contributed by atoms with van der Waals surface area (Å²) in [5.41, 5.74) is 3.58. The molecule has 108 valence electrons. The maximum atomic E-state index is 4.71. The number of amidine groups is 1. The van der Waals surface area contributed by atoms with Crippen LogP contribution >= 0.6 is 11.8 Å². The second kappa shape index (κ2) is 6.35. The number of hydrogen-bond acceptors (Lipinski definition) is 3. The van der Waals surface area contributed by atoms with Crippen LogP contribution in [0.1, 0.15) is 13.8 Å². The third-order valence-corrected chi connectivity index (χ3v) is 5.04. The van der Waals surface area contributed by atoms with Crippen LogP contribution in [-0.2, 0) is 0 Å². The third-order valence-electron chi connectivity index (χ3n) is 3.87. The van der Waals surface area contributed by atoms with Crippen LogP contribution in [-0.4, -0.2) is 17.0 Å². The van der Waals surface area contributed by atoms with Gasteiger partial charge in [-0.1, -0.05) is 61.2 Å². The SMILES string of the molecule is CC1CSC(Nc2ccc(-c3ccccc3)cc2)=NC1C. The lowest BCUT2D eigenvalue weighted by Gasteiger charge is -2.23. The molecule has 2 nitrogen and oxygen atoms in total. The highest BCUT2D eigenvalue weighted by atomic mass is 32.2. The lowest BCUT2D eigenvalue weighted by Crippen LogP contribution is -2.25. The maximum Gasteiger partial charge on any atom is 0.161 e. The Morgan fingerprint density at radius 3 is 2.29 bits per heavy atom. The molecular formula is C18H20N2S. The lowest BCUT2D eigenvalue weighted by atomic mass is 10.1. The van der Waals surface area contributed by atoms with E-state index in [4.69, 9.17) is 4.99 Å². The van der Waals surface area contributed by atoms with Gasteiger partial charge >= 0.3 is 0 Å². The van der Waals surface area contributed by atoms with Gasteiger partial charge in [0.15, 0.2) is 5.17 Å². The van der Waals surface area contributed by atoms with E-state index in [2.05, 4.69) is 67.7 Å². The quantitative estimate of drug-likeness (QED) is 0.853. The van der Waals surface area contributed by atoms with Crippen molar-refractivity contribution in [3.05, 3.63) is 54.6 Å². The third kappa shape index (κ3) is 3.48. The Balaban J connectivity index is 1.72. The molecule has 1 heterocycles. The molecule has 0 aliphatic carbocycles. The molecule has 1 aliphatic heterocycles. The number of nitrogens with zero attached hydrogens (tertiary/aromatic N) is 1. The minimum Gasteiger partial charge on any atom is -0.335 e. The molecule has 0 bridgehead atoms. The molecule has 0 saturated heterocycles. The molecule has 3 heteroatoms. The molecule has 0 spiro atoms. The van der Waals surface area contributed by atoms with Crippen LogP contribution in [0.5, 0.6) is 0 Å². The summed E-state index contributed by atoms with van der Waals surface area (Å²) in [4.78, 5) is 4.71. The van der Waals surface area contributed by atoms with Crippen molar-refractivity contribution < 1.29 is 0 Å². The van der Waals surface area contributed by atoms with Crippen LogP contribution < -0.4 is 5.32 Å². The van der Waals surface area contributed by atoms with Crippen LogP contribution in [0.15, 0.2) is 59.6 Å². The lowest BCUT2D eigenvalue weighted by molar-refractivity contribution is 0.537. The van der Waals surface area contributed by atoms with Crippen LogP contribution in [0.4, 0.5) is 5.69 Å². The van der Waals surface area contributed by atoms with Crippen molar-refractivity contribution in [2.24, 2.45) is 10.9 Å². The summed E-state index contributed by atoms with van der Waals surface area (Å²) in [6.45, 7) is 4.44. The normalized spacial score (nSPS) is 21.7. The van der Waals surface area contributed by atoms with Gasteiger partial charge in [-0.3, -0.25) is 4.99 Å². The van der Waals surface area contributed by atoms with Gasteiger partial charge in [0.25, 0.3) is 0 Å². The molecule has 0 saturated carbocycles. The average Bonchev–Trinajstić information content (AvgIpc) is 2.53. The first-order valence-corrected chi connectivity index (χ1v) is 8.34. The van der Waals surface area contributed by atoms with Crippen molar-refractivity contribution in [2.45, 2.75) is 19.9 Å². The Hall–Kier alpha value is -1.74. The highest BCUT2D eigenvalue weighted by Gasteiger charge is 2.19. The molecule has 2 unspecified atom stereocenters. The molecule has 1 aliphatic rings. The monoisotopic (exact) mass is 296 g/mol. The Morgan fingerprint density at radius 2 is 1.62 bits per heavy atom. The molecule has 2 atom stereocenters. The summed E-state index contributed by atoms with van der Waals surface area (Å²) >= 11 is 1.81. The van der Waals surface area contributed by atoms with E-state index in [1.165, 1.54) is 11.1 Å². The van der Waals surface area contributed by atoms with E-state index in [1.807, 2.05) is 17.8 Å². The number of aliphatic imine (C=N–C) groups is 1. The topological polar surface area (TPSA) is 24.4 Å². The predicted molar refractivity (Wildman–Crippen MR) is 94.0 cm³/mol. The van der Waals surface area contributed by atoms with Crippen molar-refractivity contribution in [2.75, 3.05) is 11.1 Å². The first-order valence-electron chi connectivity index (χ1n) is 7.35. The fourth-order valence-electron chi connectivity index (χ4n) is 2.27. The Morgan fingerprint density at radius 1 is 0.952 bits per heavy atom. The smallest absolute Gasteiger partial charge is 0.161 e. The number of anilines is 1. The van der Waals surface area contributed by atoms with Gasteiger partial charge in [-0.05, 0) is 36.1 Å². The second-order valence-electron chi connectivity index (χ2n) is 5.53. The van der Waals surface area contributed by atoms with Crippen LogP contribution in [0.2, 0.25) is 0 Å². The number of rotatable bonds is 2. The van der Waals surface area contributed by atoms with E-state index in [0.717, 1.165) is 16.6 Å².